The van der Waals surface area contributed by atoms with Crippen molar-refractivity contribution in [2.24, 2.45) is 0 Å². The van der Waals surface area contributed by atoms with Crippen LogP contribution < -0.4 is 11.1 Å². The second-order valence-electron chi connectivity index (χ2n) is 3.88. The number of aryl methyl sites for hydroxylation is 1. The Kier molecular flexibility index (Phi) is 4.69. The Morgan fingerprint density at radius 3 is 2.76 bits per heavy atom. The lowest BCUT2D eigenvalue weighted by molar-refractivity contribution is -0.120. The minimum absolute atomic E-state index is 0.216. The number of nitrogens with two attached hydrogens (primary N) is 1. The average Bonchev–Trinajstić information content (AvgIpc) is 2.30. The Hall–Kier alpha value is -1.36. The van der Waals surface area contributed by atoms with Gasteiger partial charge in [-0.3, -0.25) is 9.00 Å². The normalized spacial score (nSPS) is 14.1. The Bertz CT molecular complexity index is 446. The summed E-state index contributed by atoms with van der Waals surface area (Å²) in [6, 6.07) is 5.33. The van der Waals surface area contributed by atoms with Gasteiger partial charge < -0.3 is 11.1 Å². The first-order valence-corrected chi connectivity index (χ1v) is 6.73. The maximum atomic E-state index is 12.2. The van der Waals surface area contributed by atoms with Gasteiger partial charge in [-0.2, -0.15) is 0 Å². The molecule has 0 radical (unpaired) electrons. The van der Waals surface area contributed by atoms with Crippen molar-refractivity contribution in [1.82, 2.24) is 5.32 Å². The maximum absolute atomic E-state index is 12.2. The van der Waals surface area contributed by atoms with Crippen LogP contribution in [0, 0.1) is 6.92 Å². The second kappa shape index (κ2) is 5.82. The van der Waals surface area contributed by atoms with Gasteiger partial charge >= 0.3 is 0 Å². The van der Waals surface area contributed by atoms with Gasteiger partial charge in [-0.15, -0.1) is 0 Å². The summed E-state index contributed by atoms with van der Waals surface area (Å²) in [5, 5.41) is 2.06. The van der Waals surface area contributed by atoms with Crippen LogP contribution in [0.5, 0.6) is 0 Å². The molecule has 1 amide bonds. The summed E-state index contributed by atoms with van der Waals surface area (Å²) in [5.74, 6) is -0.216. The van der Waals surface area contributed by atoms with Crippen molar-refractivity contribution in [1.29, 1.82) is 0 Å². The molecule has 0 saturated carbocycles. The summed E-state index contributed by atoms with van der Waals surface area (Å²) in [6.07, 6.45) is 0. The molecule has 0 aliphatic carbocycles. The highest BCUT2D eigenvalue weighted by Crippen LogP contribution is 2.20. The first-order chi connectivity index (χ1) is 7.97. The molecule has 1 rings (SSSR count). The average molecular weight is 254 g/mol. The van der Waals surface area contributed by atoms with E-state index in [1.807, 2.05) is 19.9 Å². The maximum Gasteiger partial charge on any atom is 0.235 e. The van der Waals surface area contributed by atoms with E-state index in [1.54, 1.807) is 19.1 Å². The molecule has 1 aromatic rings. The molecule has 1 aromatic carbocycles. The second-order valence-corrected chi connectivity index (χ2v) is 5.62. The number of carbonyl (C=O) groups is 1. The van der Waals surface area contributed by atoms with Crippen LogP contribution in [-0.2, 0) is 15.6 Å². The van der Waals surface area contributed by atoms with Gasteiger partial charge in [-0.1, -0.05) is 6.07 Å². The highest BCUT2D eigenvalue weighted by molar-refractivity contribution is 7.86. The predicted molar refractivity (Wildman–Crippen MR) is 70.1 cm³/mol. The van der Waals surface area contributed by atoms with Gasteiger partial charge in [0.05, 0.1) is 15.7 Å². The monoisotopic (exact) mass is 254 g/mol. The number of anilines is 1. The zero-order chi connectivity index (χ0) is 13.0. The molecule has 0 spiro atoms. The van der Waals surface area contributed by atoms with E-state index in [0.29, 0.717) is 17.1 Å². The number of hydrogen-bond acceptors (Lipinski definition) is 3. The van der Waals surface area contributed by atoms with Gasteiger partial charge in [-0.25, -0.2) is 0 Å². The SMILES string of the molecule is CCNC(=O)C(C)S(=O)c1cc(C)ccc1N. The lowest BCUT2D eigenvalue weighted by Gasteiger charge is -2.13. The van der Waals surface area contributed by atoms with E-state index in [9.17, 15) is 9.00 Å². The van der Waals surface area contributed by atoms with Crippen LogP contribution in [0.15, 0.2) is 23.1 Å². The highest BCUT2D eigenvalue weighted by Gasteiger charge is 2.22. The van der Waals surface area contributed by atoms with Crippen LogP contribution in [0.3, 0.4) is 0 Å². The van der Waals surface area contributed by atoms with E-state index in [4.69, 9.17) is 5.73 Å². The van der Waals surface area contributed by atoms with Gasteiger partial charge in [0, 0.05) is 12.2 Å². The summed E-state index contributed by atoms with van der Waals surface area (Å²) in [4.78, 5) is 12.1. The van der Waals surface area contributed by atoms with Crippen molar-refractivity contribution < 1.29 is 9.00 Å². The first-order valence-electron chi connectivity index (χ1n) is 5.51. The summed E-state index contributed by atoms with van der Waals surface area (Å²) in [6.45, 7) is 5.90. The Labute approximate surface area is 104 Å². The lowest BCUT2D eigenvalue weighted by Crippen LogP contribution is -2.35. The number of amides is 1. The molecule has 0 aliphatic rings. The van der Waals surface area contributed by atoms with E-state index in [2.05, 4.69) is 5.32 Å². The van der Waals surface area contributed by atoms with Crippen LogP contribution in [0.4, 0.5) is 5.69 Å². The smallest absolute Gasteiger partial charge is 0.235 e. The zero-order valence-corrected chi connectivity index (χ0v) is 11.1. The summed E-state index contributed by atoms with van der Waals surface area (Å²) < 4.78 is 12.2. The molecule has 0 bridgehead atoms. The highest BCUT2D eigenvalue weighted by atomic mass is 32.2. The third kappa shape index (κ3) is 3.30. The van der Waals surface area contributed by atoms with Crippen molar-refractivity contribution in [2.45, 2.75) is 30.9 Å². The molecule has 4 nitrogen and oxygen atoms in total. The third-order valence-electron chi connectivity index (χ3n) is 2.43. The standard InChI is InChI=1S/C12H18N2O2S/c1-4-14-12(15)9(3)17(16)11-7-8(2)5-6-10(11)13/h5-7,9H,4,13H2,1-3H3,(H,14,15). The van der Waals surface area contributed by atoms with Crippen molar-refractivity contribution in [2.75, 3.05) is 12.3 Å². The fraction of sp³-hybridized carbons (Fsp3) is 0.417. The number of rotatable bonds is 4. The van der Waals surface area contributed by atoms with Crippen LogP contribution in [-0.4, -0.2) is 21.9 Å². The van der Waals surface area contributed by atoms with E-state index in [0.717, 1.165) is 5.56 Å². The lowest BCUT2D eigenvalue weighted by atomic mass is 10.2. The third-order valence-corrected chi connectivity index (χ3v) is 4.07. The molecule has 2 unspecified atom stereocenters. The molecule has 3 N–H and O–H groups in total. The van der Waals surface area contributed by atoms with E-state index in [-0.39, 0.29) is 5.91 Å². The van der Waals surface area contributed by atoms with Crippen LogP contribution in [0.25, 0.3) is 0 Å². The van der Waals surface area contributed by atoms with Gasteiger partial charge in [0.1, 0.15) is 5.25 Å². The fourth-order valence-electron chi connectivity index (χ4n) is 1.42. The first kappa shape index (κ1) is 13.7. The fourth-order valence-corrected chi connectivity index (χ4v) is 2.68. The van der Waals surface area contributed by atoms with Gasteiger partial charge in [-0.05, 0) is 38.5 Å². The molecule has 17 heavy (non-hydrogen) atoms. The van der Waals surface area contributed by atoms with Crippen molar-refractivity contribution in [3.63, 3.8) is 0 Å². The van der Waals surface area contributed by atoms with Crippen LogP contribution in [0.1, 0.15) is 19.4 Å². The minimum Gasteiger partial charge on any atom is -0.398 e. The largest absolute Gasteiger partial charge is 0.398 e. The number of benzene rings is 1. The van der Waals surface area contributed by atoms with Crippen LogP contribution >= 0.6 is 0 Å². The van der Waals surface area contributed by atoms with Gasteiger partial charge in [0.2, 0.25) is 5.91 Å². The zero-order valence-electron chi connectivity index (χ0n) is 10.3. The Morgan fingerprint density at radius 2 is 2.18 bits per heavy atom. The molecule has 0 heterocycles. The van der Waals surface area contributed by atoms with Crippen LogP contribution in [0.2, 0.25) is 0 Å². The van der Waals surface area contributed by atoms with E-state index in [1.165, 1.54) is 0 Å². The molecule has 0 aromatic heterocycles. The van der Waals surface area contributed by atoms with Crippen molar-refractivity contribution >= 4 is 22.4 Å². The Morgan fingerprint density at radius 1 is 1.53 bits per heavy atom. The number of hydrogen-bond donors (Lipinski definition) is 2. The summed E-state index contributed by atoms with van der Waals surface area (Å²) in [5.41, 5.74) is 7.22. The van der Waals surface area contributed by atoms with Gasteiger partial charge in [0.25, 0.3) is 0 Å². The summed E-state index contributed by atoms with van der Waals surface area (Å²) >= 11 is 0. The molecular formula is C12H18N2O2S. The summed E-state index contributed by atoms with van der Waals surface area (Å²) in [7, 11) is -1.42. The minimum atomic E-state index is -1.42. The number of carbonyl (C=O) groups excluding carboxylic acids is 1. The molecular weight excluding hydrogens is 236 g/mol. The molecule has 94 valence electrons. The van der Waals surface area contributed by atoms with Crippen molar-refractivity contribution in [3.8, 4) is 0 Å². The number of nitrogens with one attached hydrogen (secondary N) is 1. The van der Waals surface area contributed by atoms with Crippen molar-refractivity contribution in [3.05, 3.63) is 23.8 Å². The molecule has 2 atom stereocenters. The molecule has 0 fully saturated rings. The Balaban J connectivity index is 2.96. The molecule has 0 saturated heterocycles. The van der Waals surface area contributed by atoms with Gasteiger partial charge in [0.15, 0.2) is 0 Å². The quantitative estimate of drug-likeness (QED) is 0.793. The molecule has 0 aliphatic heterocycles. The number of nitrogen functional groups attached to an aromatic ring is 1. The van der Waals surface area contributed by atoms with E-state index < -0.39 is 16.0 Å². The van der Waals surface area contributed by atoms with E-state index >= 15 is 0 Å². The predicted octanol–water partition coefficient (Wildman–Crippen LogP) is 1.21. The molecule has 5 heteroatoms. The topological polar surface area (TPSA) is 72.2 Å².